The first-order valence-corrected chi connectivity index (χ1v) is 9.15. The molecule has 0 heterocycles. The molecule has 2 unspecified atom stereocenters. The minimum absolute atomic E-state index is 0.313. The zero-order valence-electron chi connectivity index (χ0n) is 14.9. The van der Waals surface area contributed by atoms with Crippen molar-refractivity contribution in [2.75, 3.05) is 6.61 Å². The molecule has 0 fully saturated rings. The van der Waals surface area contributed by atoms with E-state index in [1.807, 2.05) is 26.0 Å². The third kappa shape index (κ3) is 5.76. The summed E-state index contributed by atoms with van der Waals surface area (Å²) in [6, 6.07) is 14.2. The number of ether oxygens (including phenoxy) is 1. The number of carbonyl (C=O) groups is 2. The molecule has 0 aliphatic carbocycles. The fourth-order valence-corrected chi connectivity index (χ4v) is 2.84. The number of hydrogen-bond donors (Lipinski definition) is 0. The van der Waals surface area contributed by atoms with Crippen LogP contribution in [0, 0.1) is 6.92 Å². The highest BCUT2D eigenvalue weighted by Gasteiger charge is 2.32. The predicted octanol–water partition coefficient (Wildman–Crippen LogP) is 5.17. The Kier molecular flexibility index (Phi) is 9.79. The van der Waals surface area contributed by atoms with Gasteiger partial charge in [-0.25, -0.2) is 0 Å². The normalized spacial score (nSPS) is 11.0. The van der Waals surface area contributed by atoms with Crippen LogP contribution in [0.4, 0.5) is 0 Å². The van der Waals surface area contributed by atoms with E-state index in [1.165, 1.54) is 9.12 Å². The highest BCUT2D eigenvalue weighted by molar-refractivity contribution is 7.00. The van der Waals surface area contributed by atoms with Crippen molar-refractivity contribution in [2.24, 2.45) is 0 Å². The molecule has 4 nitrogen and oxygen atoms in total. The maximum Gasteiger partial charge on any atom is 0.321 e. The molecule has 0 saturated heterocycles. The van der Waals surface area contributed by atoms with Crippen molar-refractivity contribution in [3.05, 3.63) is 70.2 Å². The number of carbonyl (C=O) groups excluding carboxylic acids is 2. The molecule has 2 rings (SSSR count). The molecule has 6 heteroatoms. The minimum Gasteiger partial charge on any atom is -0.465 e. The van der Waals surface area contributed by atoms with E-state index in [2.05, 4.69) is 0 Å². The Labute approximate surface area is 161 Å². The molecule has 0 radical (unpaired) electrons. The van der Waals surface area contributed by atoms with E-state index in [0.717, 1.165) is 18.4 Å². The summed E-state index contributed by atoms with van der Waals surface area (Å²) < 4.78 is 13.5. The van der Waals surface area contributed by atoms with E-state index >= 15 is 0 Å². The number of rotatable bonds is 7. The van der Waals surface area contributed by atoms with Gasteiger partial charge >= 0.3 is 15.1 Å². The van der Waals surface area contributed by atoms with E-state index in [0.29, 0.717) is 22.8 Å². The van der Waals surface area contributed by atoms with Gasteiger partial charge in [-0.2, -0.15) is 0 Å². The number of hydrogen-bond acceptors (Lipinski definition) is 4. The standard InChI is InChI=1S/C20H21ClO3.H2OP/c1-3-4-13-24-20(23)18(15-10-6-5-7-11-15)19(22)17-14(2)9-8-12-16(17)21;1-2/h5-12,18H,3-4,13H2,1-2H3;2H2/q;+1. The molecule has 0 N–H and O–H groups in total. The second-order valence-electron chi connectivity index (χ2n) is 5.66. The van der Waals surface area contributed by atoms with Crippen molar-refractivity contribution in [3.63, 3.8) is 0 Å². The van der Waals surface area contributed by atoms with E-state index in [1.54, 1.807) is 36.4 Å². The minimum atomic E-state index is -0.998. The number of unbranched alkanes of at least 4 members (excludes halogenated alkanes) is 1. The Morgan fingerprint density at radius 3 is 2.31 bits per heavy atom. The van der Waals surface area contributed by atoms with Crippen molar-refractivity contribution < 1.29 is 18.9 Å². The summed E-state index contributed by atoms with van der Waals surface area (Å²) in [7, 11) is 1.17. The molecule has 0 aliphatic rings. The Morgan fingerprint density at radius 2 is 1.73 bits per heavy atom. The lowest BCUT2D eigenvalue weighted by molar-refractivity contribution is -0.144. The van der Waals surface area contributed by atoms with Gasteiger partial charge in [0, 0.05) is 5.56 Å². The van der Waals surface area contributed by atoms with Gasteiger partial charge in [0.05, 0.1) is 11.6 Å². The summed E-state index contributed by atoms with van der Waals surface area (Å²) in [5.74, 6) is -1.86. The number of halogens is 1. The molecule has 138 valence electrons. The number of ketones is 1. The molecule has 0 amide bonds. The maximum atomic E-state index is 13.1. The van der Waals surface area contributed by atoms with Gasteiger partial charge in [-0.15, -0.1) is 0 Å². The number of benzene rings is 2. The average Bonchev–Trinajstić information content (AvgIpc) is 2.64. The lowest BCUT2D eigenvalue weighted by Gasteiger charge is -2.17. The van der Waals surface area contributed by atoms with Crippen LogP contribution in [0.25, 0.3) is 0 Å². The van der Waals surface area contributed by atoms with Crippen LogP contribution in [0.2, 0.25) is 5.02 Å². The van der Waals surface area contributed by atoms with Gasteiger partial charge in [0.2, 0.25) is 0 Å². The van der Waals surface area contributed by atoms with Crippen LogP contribution in [-0.4, -0.2) is 18.4 Å². The van der Waals surface area contributed by atoms with Crippen LogP contribution >= 0.6 is 20.7 Å². The summed E-state index contributed by atoms with van der Waals surface area (Å²) in [5.41, 5.74) is 1.73. The van der Waals surface area contributed by atoms with Crippen molar-refractivity contribution in [2.45, 2.75) is 32.6 Å². The molecule has 0 spiro atoms. The van der Waals surface area contributed by atoms with Crippen molar-refractivity contribution in [3.8, 4) is 0 Å². The Hall–Kier alpha value is -2.03. The van der Waals surface area contributed by atoms with Gasteiger partial charge in [0.15, 0.2) is 5.78 Å². The molecule has 26 heavy (non-hydrogen) atoms. The highest BCUT2D eigenvalue weighted by atomic mass is 35.5. The summed E-state index contributed by atoms with van der Waals surface area (Å²) in [6.07, 6.45) is 1.69. The molecule has 0 aromatic heterocycles. The quantitative estimate of drug-likeness (QED) is 0.214. The maximum absolute atomic E-state index is 13.1. The lowest BCUT2D eigenvalue weighted by atomic mass is 9.89. The Balaban J connectivity index is 0.00000163. The van der Waals surface area contributed by atoms with Crippen LogP contribution in [-0.2, 0) is 14.1 Å². The number of esters is 1. The van der Waals surface area contributed by atoms with Crippen LogP contribution in [0.1, 0.15) is 47.2 Å². The molecule has 0 bridgehead atoms. The van der Waals surface area contributed by atoms with Gasteiger partial charge in [-0.05, 0) is 30.5 Å². The molecular formula is C20H23ClO4P+. The van der Waals surface area contributed by atoms with Crippen LogP contribution in [0.15, 0.2) is 48.5 Å². The topological polar surface area (TPSA) is 60.4 Å². The van der Waals surface area contributed by atoms with Gasteiger partial charge in [0.25, 0.3) is 0 Å². The van der Waals surface area contributed by atoms with Crippen molar-refractivity contribution in [1.29, 1.82) is 0 Å². The first-order valence-electron chi connectivity index (χ1n) is 8.30. The smallest absolute Gasteiger partial charge is 0.321 e. The zero-order chi connectivity index (χ0) is 19.5. The molecular weight excluding hydrogens is 371 g/mol. The van der Waals surface area contributed by atoms with Crippen molar-refractivity contribution >= 4 is 32.5 Å². The zero-order valence-corrected chi connectivity index (χ0v) is 16.8. The number of Topliss-reactive ketones (excluding diaryl/α,β-unsaturated/α-hetero) is 1. The van der Waals surface area contributed by atoms with E-state index in [-0.39, 0.29) is 5.78 Å². The monoisotopic (exact) mass is 393 g/mol. The van der Waals surface area contributed by atoms with Gasteiger partial charge in [0.1, 0.15) is 5.92 Å². The summed E-state index contributed by atoms with van der Waals surface area (Å²) >= 11 is 6.21. The Morgan fingerprint density at radius 1 is 1.08 bits per heavy atom. The molecule has 2 aromatic carbocycles. The van der Waals surface area contributed by atoms with Crippen LogP contribution in [0.5, 0.6) is 0 Å². The van der Waals surface area contributed by atoms with Gasteiger partial charge < -0.3 is 4.74 Å². The third-order valence-electron chi connectivity index (χ3n) is 3.84. The average molecular weight is 394 g/mol. The largest absolute Gasteiger partial charge is 0.465 e. The first kappa shape index (κ1) is 22.0. The van der Waals surface area contributed by atoms with E-state index < -0.39 is 11.9 Å². The predicted molar refractivity (Wildman–Crippen MR) is 106 cm³/mol. The van der Waals surface area contributed by atoms with E-state index in [9.17, 15) is 9.59 Å². The molecule has 0 aliphatic heterocycles. The van der Waals surface area contributed by atoms with E-state index in [4.69, 9.17) is 20.9 Å². The number of aryl methyl sites for hydroxylation is 1. The molecule has 0 saturated carbocycles. The molecule has 2 atom stereocenters. The van der Waals surface area contributed by atoms with Gasteiger partial charge in [-0.1, -0.05) is 72.0 Å². The molecule has 2 aromatic rings. The third-order valence-corrected chi connectivity index (χ3v) is 4.16. The second kappa shape index (κ2) is 11.6. The van der Waals surface area contributed by atoms with Gasteiger partial charge in [-0.3, -0.25) is 9.59 Å². The van der Waals surface area contributed by atoms with Crippen molar-refractivity contribution in [1.82, 2.24) is 0 Å². The summed E-state index contributed by atoms with van der Waals surface area (Å²) in [5, 5.41) is 0.349. The van der Waals surface area contributed by atoms with Crippen LogP contribution < -0.4 is 0 Å². The second-order valence-corrected chi connectivity index (χ2v) is 6.07. The lowest BCUT2D eigenvalue weighted by Crippen LogP contribution is -2.25. The SMILES string of the molecule is CCCCOC(=O)C(C(=O)c1c(C)cccc1Cl)c1ccccc1.O=[PH2+]. The summed E-state index contributed by atoms with van der Waals surface area (Å²) in [4.78, 5) is 25.6. The highest BCUT2D eigenvalue weighted by Crippen LogP contribution is 2.28. The summed E-state index contributed by atoms with van der Waals surface area (Å²) in [6.45, 7) is 4.14. The van der Waals surface area contributed by atoms with Crippen LogP contribution in [0.3, 0.4) is 0 Å². The first-order chi connectivity index (χ1) is 12.6. The Bertz CT molecular complexity index is 714. The fourth-order valence-electron chi connectivity index (χ4n) is 2.53. The fraction of sp³-hybridized carbons (Fsp3) is 0.300.